The van der Waals surface area contributed by atoms with E-state index in [0.717, 1.165) is 23.9 Å². The van der Waals surface area contributed by atoms with E-state index in [1.54, 1.807) is 23.9 Å². The molecule has 1 aliphatic rings. The Morgan fingerprint density at radius 2 is 1.94 bits per heavy atom. The van der Waals surface area contributed by atoms with Gasteiger partial charge in [0.1, 0.15) is 0 Å². The van der Waals surface area contributed by atoms with Crippen LogP contribution in [0.4, 0.5) is 5.69 Å². The normalized spacial score (nSPS) is 16.6. The molecule has 0 amide bonds. The molecule has 92 valence electrons. The number of rotatable bonds is 1. The van der Waals surface area contributed by atoms with Crippen molar-refractivity contribution in [1.82, 2.24) is 4.90 Å². The standard InChI is InChI=1S/C12H14Cl2N2S/c1-17-12(16-6-2-3-7-16)15-9-4-5-10(13)11(14)8-9/h4-5,8H,2-3,6-7H2,1H3/b15-12-. The van der Waals surface area contributed by atoms with Gasteiger partial charge >= 0.3 is 0 Å². The van der Waals surface area contributed by atoms with E-state index in [0.29, 0.717) is 10.0 Å². The summed E-state index contributed by atoms with van der Waals surface area (Å²) in [4.78, 5) is 6.94. The van der Waals surface area contributed by atoms with Crippen molar-refractivity contribution in [1.29, 1.82) is 0 Å². The van der Waals surface area contributed by atoms with E-state index in [-0.39, 0.29) is 0 Å². The number of likely N-dealkylation sites (tertiary alicyclic amines) is 1. The van der Waals surface area contributed by atoms with Crippen molar-refractivity contribution in [3.8, 4) is 0 Å². The fourth-order valence-corrected chi connectivity index (χ4v) is 2.75. The van der Waals surface area contributed by atoms with Gasteiger partial charge in [0, 0.05) is 13.1 Å². The van der Waals surface area contributed by atoms with E-state index in [9.17, 15) is 0 Å². The van der Waals surface area contributed by atoms with Crippen molar-refractivity contribution in [2.45, 2.75) is 12.8 Å². The van der Waals surface area contributed by atoms with Crippen LogP contribution in [0.25, 0.3) is 0 Å². The molecule has 2 nitrogen and oxygen atoms in total. The lowest BCUT2D eigenvalue weighted by Crippen LogP contribution is -2.24. The average molecular weight is 289 g/mol. The second-order valence-electron chi connectivity index (χ2n) is 3.89. The Balaban J connectivity index is 2.22. The quantitative estimate of drug-likeness (QED) is 0.561. The average Bonchev–Trinajstić information content (AvgIpc) is 2.84. The molecular formula is C12H14Cl2N2S. The Hall–Kier alpha value is -0.380. The van der Waals surface area contributed by atoms with Gasteiger partial charge in [0.05, 0.1) is 15.7 Å². The molecule has 0 bridgehead atoms. The van der Waals surface area contributed by atoms with Crippen LogP contribution >= 0.6 is 35.0 Å². The summed E-state index contributed by atoms with van der Waals surface area (Å²) in [5.41, 5.74) is 0.857. The number of aliphatic imine (C=N–C) groups is 1. The molecule has 0 spiro atoms. The largest absolute Gasteiger partial charge is 0.351 e. The lowest BCUT2D eigenvalue weighted by Gasteiger charge is -2.17. The smallest absolute Gasteiger partial charge is 0.164 e. The maximum Gasteiger partial charge on any atom is 0.164 e. The van der Waals surface area contributed by atoms with E-state index >= 15 is 0 Å². The van der Waals surface area contributed by atoms with E-state index in [1.807, 2.05) is 6.07 Å². The number of amidine groups is 1. The fraction of sp³-hybridized carbons (Fsp3) is 0.417. The van der Waals surface area contributed by atoms with Gasteiger partial charge in [-0.25, -0.2) is 4.99 Å². The molecule has 0 aromatic heterocycles. The van der Waals surface area contributed by atoms with Crippen LogP contribution in [0.1, 0.15) is 12.8 Å². The third kappa shape index (κ3) is 3.30. The van der Waals surface area contributed by atoms with Gasteiger partial charge in [0.25, 0.3) is 0 Å². The third-order valence-corrected chi connectivity index (χ3v) is 4.14. The highest BCUT2D eigenvalue weighted by Crippen LogP contribution is 2.28. The van der Waals surface area contributed by atoms with Gasteiger partial charge in [-0.05, 0) is 37.3 Å². The molecule has 1 saturated heterocycles. The highest BCUT2D eigenvalue weighted by molar-refractivity contribution is 8.13. The van der Waals surface area contributed by atoms with Crippen molar-refractivity contribution < 1.29 is 0 Å². The Kier molecular flexibility index (Phi) is 4.60. The molecule has 5 heteroatoms. The SMILES string of the molecule is CS/C(=N\c1ccc(Cl)c(Cl)c1)N1CCCC1. The molecule has 0 saturated carbocycles. The third-order valence-electron chi connectivity index (χ3n) is 2.69. The molecule has 17 heavy (non-hydrogen) atoms. The van der Waals surface area contributed by atoms with Crippen LogP contribution in [0.5, 0.6) is 0 Å². The predicted molar refractivity (Wildman–Crippen MR) is 77.9 cm³/mol. The summed E-state index contributed by atoms with van der Waals surface area (Å²) in [5.74, 6) is 0. The molecule has 0 N–H and O–H groups in total. The van der Waals surface area contributed by atoms with Crippen LogP contribution in [0.2, 0.25) is 10.0 Å². The van der Waals surface area contributed by atoms with E-state index < -0.39 is 0 Å². The van der Waals surface area contributed by atoms with Crippen molar-refractivity contribution in [2.75, 3.05) is 19.3 Å². The van der Waals surface area contributed by atoms with Crippen molar-refractivity contribution in [3.63, 3.8) is 0 Å². The zero-order chi connectivity index (χ0) is 12.3. The Bertz CT molecular complexity index is 429. The summed E-state index contributed by atoms with van der Waals surface area (Å²) in [6, 6.07) is 5.47. The molecular weight excluding hydrogens is 275 g/mol. The molecule has 1 aromatic rings. The monoisotopic (exact) mass is 288 g/mol. The summed E-state index contributed by atoms with van der Waals surface area (Å²) in [6.45, 7) is 2.20. The lowest BCUT2D eigenvalue weighted by atomic mass is 10.3. The van der Waals surface area contributed by atoms with Crippen LogP contribution in [0.3, 0.4) is 0 Å². The Labute approximate surface area is 116 Å². The van der Waals surface area contributed by atoms with Crippen molar-refractivity contribution in [3.05, 3.63) is 28.2 Å². The molecule has 0 atom stereocenters. The number of hydrogen-bond acceptors (Lipinski definition) is 2. The van der Waals surface area contributed by atoms with E-state index in [2.05, 4.69) is 16.1 Å². The second kappa shape index (κ2) is 5.98. The summed E-state index contributed by atoms with van der Waals surface area (Å²) < 4.78 is 0. The molecule has 0 unspecified atom stereocenters. The Morgan fingerprint density at radius 3 is 2.53 bits per heavy atom. The second-order valence-corrected chi connectivity index (χ2v) is 5.48. The van der Waals surface area contributed by atoms with Gasteiger partial charge in [-0.3, -0.25) is 0 Å². The molecule has 1 fully saturated rings. The lowest BCUT2D eigenvalue weighted by molar-refractivity contribution is 0.530. The predicted octanol–water partition coefficient (Wildman–Crippen LogP) is 4.44. The minimum absolute atomic E-state index is 0.551. The molecule has 0 aliphatic carbocycles. The first-order chi connectivity index (χ1) is 8.20. The number of halogens is 2. The number of benzene rings is 1. The highest BCUT2D eigenvalue weighted by Gasteiger charge is 2.15. The summed E-state index contributed by atoms with van der Waals surface area (Å²) >= 11 is 13.5. The highest BCUT2D eigenvalue weighted by atomic mass is 35.5. The first-order valence-electron chi connectivity index (χ1n) is 5.53. The van der Waals surface area contributed by atoms with Crippen LogP contribution < -0.4 is 0 Å². The topological polar surface area (TPSA) is 15.6 Å². The number of hydrogen-bond donors (Lipinski definition) is 0. The maximum absolute atomic E-state index is 5.98. The van der Waals surface area contributed by atoms with E-state index in [4.69, 9.17) is 23.2 Å². The van der Waals surface area contributed by atoms with Gasteiger partial charge < -0.3 is 4.90 Å². The molecule has 1 heterocycles. The summed E-state index contributed by atoms with van der Waals surface area (Å²) in [6.07, 6.45) is 4.55. The first kappa shape index (κ1) is 13.1. The van der Waals surface area contributed by atoms with Crippen molar-refractivity contribution in [2.24, 2.45) is 4.99 Å². The maximum atomic E-state index is 5.98. The van der Waals surface area contributed by atoms with Gasteiger partial charge in [0.15, 0.2) is 5.17 Å². The van der Waals surface area contributed by atoms with Crippen LogP contribution in [0.15, 0.2) is 23.2 Å². The summed E-state index contributed by atoms with van der Waals surface area (Å²) in [5, 5.41) is 2.17. The fourth-order valence-electron chi connectivity index (χ4n) is 1.82. The molecule has 1 aliphatic heterocycles. The van der Waals surface area contributed by atoms with Crippen LogP contribution in [-0.4, -0.2) is 29.4 Å². The molecule has 2 rings (SSSR count). The zero-order valence-electron chi connectivity index (χ0n) is 9.62. The summed E-state index contributed by atoms with van der Waals surface area (Å²) in [7, 11) is 0. The first-order valence-corrected chi connectivity index (χ1v) is 7.51. The molecule has 0 radical (unpaired) electrons. The van der Waals surface area contributed by atoms with E-state index in [1.165, 1.54) is 12.8 Å². The zero-order valence-corrected chi connectivity index (χ0v) is 11.9. The van der Waals surface area contributed by atoms with Gasteiger partial charge in [-0.2, -0.15) is 0 Å². The molecule has 1 aromatic carbocycles. The minimum Gasteiger partial charge on any atom is -0.351 e. The van der Waals surface area contributed by atoms with Gasteiger partial charge in [-0.1, -0.05) is 35.0 Å². The Morgan fingerprint density at radius 1 is 1.24 bits per heavy atom. The minimum atomic E-state index is 0.551. The van der Waals surface area contributed by atoms with Crippen molar-refractivity contribution >= 4 is 45.8 Å². The van der Waals surface area contributed by atoms with Crippen LogP contribution in [-0.2, 0) is 0 Å². The number of thioether (sulfide) groups is 1. The van der Waals surface area contributed by atoms with Gasteiger partial charge in [0.2, 0.25) is 0 Å². The van der Waals surface area contributed by atoms with Crippen LogP contribution in [0, 0.1) is 0 Å². The number of nitrogens with zero attached hydrogens (tertiary/aromatic N) is 2. The van der Waals surface area contributed by atoms with Gasteiger partial charge in [-0.15, -0.1) is 0 Å².